The first-order chi connectivity index (χ1) is 8.54. The average molecular weight is 288 g/mol. The molecular formula is C12H15Cl2N3O. The van der Waals surface area contributed by atoms with Crippen molar-refractivity contribution in [3.05, 3.63) is 28.2 Å². The molecule has 0 amide bonds. The van der Waals surface area contributed by atoms with Crippen LogP contribution in [0, 0.1) is 5.41 Å². The number of hydrogen-bond donors (Lipinski definition) is 3. The molecule has 0 atom stereocenters. The highest BCUT2D eigenvalue weighted by molar-refractivity contribution is 6.42. The Labute approximate surface area is 116 Å². The zero-order valence-corrected chi connectivity index (χ0v) is 11.3. The van der Waals surface area contributed by atoms with E-state index in [2.05, 4.69) is 10.5 Å². The maximum Gasteiger partial charge on any atom is 0.139 e. The first-order valence-corrected chi connectivity index (χ1v) is 6.46. The van der Waals surface area contributed by atoms with Crippen LogP contribution in [0.1, 0.15) is 19.3 Å². The van der Waals surface area contributed by atoms with Crippen LogP contribution in [0.25, 0.3) is 0 Å². The molecule has 1 aromatic carbocycles. The number of benzene rings is 1. The molecule has 0 unspecified atom stereocenters. The van der Waals surface area contributed by atoms with E-state index in [1.54, 1.807) is 12.1 Å². The number of nitrogens with one attached hydrogen (secondary N) is 1. The van der Waals surface area contributed by atoms with E-state index < -0.39 is 0 Å². The summed E-state index contributed by atoms with van der Waals surface area (Å²) in [6.07, 6.45) is 2.77. The van der Waals surface area contributed by atoms with Crippen LogP contribution in [0.4, 0.5) is 5.69 Å². The second-order valence-electron chi connectivity index (χ2n) is 4.75. The van der Waals surface area contributed by atoms with Crippen LogP contribution in [0.2, 0.25) is 10.0 Å². The Morgan fingerprint density at radius 1 is 1.39 bits per heavy atom. The summed E-state index contributed by atoms with van der Waals surface area (Å²) in [7, 11) is 0. The molecular weight excluding hydrogens is 273 g/mol. The minimum absolute atomic E-state index is 0.114. The van der Waals surface area contributed by atoms with Crippen LogP contribution in [0.15, 0.2) is 23.4 Å². The Hall–Kier alpha value is -1.13. The molecule has 0 saturated heterocycles. The monoisotopic (exact) mass is 287 g/mol. The van der Waals surface area contributed by atoms with E-state index in [-0.39, 0.29) is 11.3 Å². The molecule has 0 radical (unpaired) electrons. The first kappa shape index (κ1) is 13.3. The zero-order valence-electron chi connectivity index (χ0n) is 9.79. The Morgan fingerprint density at radius 2 is 2.11 bits per heavy atom. The Kier molecular flexibility index (Phi) is 3.88. The molecule has 1 saturated carbocycles. The number of anilines is 1. The van der Waals surface area contributed by atoms with Crippen molar-refractivity contribution in [2.24, 2.45) is 16.3 Å². The van der Waals surface area contributed by atoms with Crippen molar-refractivity contribution in [3.8, 4) is 0 Å². The van der Waals surface area contributed by atoms with Gasteiger partial charge in [0.2, 0.25) is 0 Å². The van der Waals surface area contributed by atoms with Crippen molar-refractivity contribution in [1.82, 2.24) is 0 Å². The molecule has 6 heteroatoms. The van der Waals surface area contributed by atoms with Gasteiger partial charge in [-0.3, -0.25) is 0 Å². The number of nitrogens with two attached hydrogens (primary N) is 1. The van der Waals surface area contributed by atoms with Crippen LogP contribution in [-0.2, 0) is 0 Å². The summed E-state index contributed by atoms with van der Waals surface area (Å²) in [5.41, 5.74) is 6.59. The molecule has 0 aromatic heterocycles. The van der Waals surface area contributed by atoms with E-state index >= 15 is 0 Å². The van der Waals surface area contributed by atoms with Crippen molar-refractivity contribution in [2.75, 3.05) is 11.9 Å². The number of nitrogens with zero attached hydrogens (tertiary/aromatic N) is 1. The summed E-state index contributed by atoms with van der Waals surface area (Å²) >= 11 is 11.8. The van der Waals surface area contributed by atoms with Gasteiger partial charge < -0.3 is 16.3 Å². The van der Waals surface area contributed by atoms with E-state index in [1.807, 2.05) is 6.07 Å². The number of amidine groups is 1. The number of rotatable bonds is 5. The molecule has 0 bridgehead atoms. The lowest BCUT2D eigenvalue weighted by atomic mass is 10.0. The smallest absolute Gasteiger partial charge is 0.139 e. The van der Waals surface area contributed by atoms with Crippen molar-refractivity contribution >= 4 is 34.7 Å². The van der Waals surface area contributed by atoms with Gasteiger partial charge >= 0.3 is 0 Å². The minimum Gasteiger partial charge on any atom is -0.409 e. The fraction of sp³-hybridized carbons (Fsp3) is 0.417. The van der Waals surface area contributed by atoms with E-state index in [0.29, 0.717) is 16.5 Å². The van der Waals surface area contributed by atoms with Gasteiger partial charge in [0.25, 0.3) is 0 Å². The highest BCUT2D eigenvalue weighted by Crippen LogP contribution is 2.48. The lowest BCUT2D eigenvalue weighted by Gasteiger charge is -2.16. The standard InChI is InChI=1S/C12H15Cl2N3O/c13-9-2-1-8(5-10(9)14)16-7-12(3-4-12)6-11(15)17-18/h1-2,5,16,18H,3-4,6-7H2,(H2,15,17). The van der Waals surface area contributed by atoms with Crippen molar-refractivity contribution in [1.29, 1.82) is 0 Å². The molecule has 0 heterocycles. The zero-order chi connectivity index (χ0) is 13.2. The molecule has 1 aliphatic carbocycles. The quantitative estimate of drug-likeness (QED) is 0.337. The topological polar surface area (TPSA) is 70.6 Å². The number of oxime groups is 1. The van der Waals surface area contributed by atoms with Gasteiger partial charge in [-0.2, -0.15) is 0 Å². The van der Waals surface area contributed by atoms with Gasteiger partial charge in [-0.15, -0.1) is 0 Å². The SMILES string of the molecule is NC(CC1(CNc2ccc(Cl)c(Cl)c2)CC1)=NO. The molecule has 98 valence electrons. The summed E-state index contributed by atoms with van der Waals surface area (Å²) in [5, 5.41) is 16.0. The molecule has 18 heavy (non-hydrogen) atoms. The Morgan fingerprint density at radius 3 is 2.67 bits per heavy atom. The summed E-state index contributed by atoms with van der Waals surface area (Å²) < 4.78 is 0. The summed E-state index contributed by atoms with van der Waals surface area (Å²) in [6, 6.07) is 5.44. The van der Waals surface area contributed by atoms with Gasteiger partial charge in [0.1, 0.15) is 5.84 Å². The highest BCUT2D eigenvalue weighted by Gasteiger charge is 2.43. The van der Waals surface area contributed by atoms with E-state index in [0.717, 1.165) is 25.1 Å². The fourth-order valence-electron chi connectivity index (χ4n) is 1.91. The summed E-state index contributed by atoms with van der Waals surface area (Å²) in [4.78, 5) is 0. The van der Waals surface area contributed by atoms with Gasteiger partial charge in [0, 0.05) is 18.7 Å². The molecule has 0 spiro atoms. The Bertz CT molecular complexity index is 472. The van der Waals surface area contributed by atoms with Gasteiger partial charge in [-0.25, -0.2) is 0 Å². The molecule has 2 rings (SSSR count). The van der Waals surface area contributed by atoms with E-state index in [4.69, 9.17) is 34.1 Å². The molecule has 4 N–H and O–H groups in total. The van der Waals surface area contributed by atoms with Crippen LogP contribution in [-0.4, -0.2) is 17.6 Å². The van der Waals surface area contributed by atoms with E-state index in [9.17, 15) is 0 Å². The van der Waals surface area contributed by atoms with Gasteiger partial charge in [0.15, 0.2) is 0 Å². The third kappa shape index (κ3) is 3.21. The lowest BCUT2D eigenvalue weighted by Crippen LogP contribution is -2.23. The fourth-order valence-corrected chi connectivity index (χ4v) is 2.21. The highest BCUT2D eigenvalue weighted by atomic mass is 35.5. The van der Waals surface area contributed by atoms with Crippen LogP contribution in [0.3, 0.4) is 0 Å². The summed E-state index contributed by atoms with van der Waals surface area (Å²) in [6.45, 7) is 0.779. The summed E-state index contributed by atoms with van der Waals surface area (Å²) in [5.74, 6) is 0.281. The largest absolute Gasteiger partial charge is 0.409 e. The number of halogens is 2. The van der Waals surface area contributed by atoms with Crippen LogP contribution < -0.4 is 11.1 Å². The van der Waals surface area contributed by atoms with Crippen molar-refractivity contribution in [3.63, 3.8) is 0 Å². The average Bonchev–Trinajstić information content (AvgIpc) is 3.11. The predicted octanol–water partition coefficient (Wildman–Crippen LogP) is 3.32. The second kappa shape index (κ2) is 5.24. The van der Waals surface area contributed by atoms with Crippen LogP contribution >= 0.6 is 23.2 Å². The van der Waals surface area contributed by atoms with Crippen LogP contribution in [0.5, 0.6) is 0 Å². The molecule has 1 aliphatic rings. The molecule has 4 nitrogen and oxygen atoms in total. The van der Waals surface area contributed by atoms with E-state index in [1.165, 1.54) is 0 Å². The Balaban J connectivity index is 1.93. The second-order valence-corrected chi connectivity index (χ2v) is 5.56. The lowest BCUT2D eigenvalue weighted by molar-refractivity contribution is 0.315. The molecule has 1 aromatic rings. The number of hydrogen-bond acceptors (Lipinski definition) is 3. The van der Waals surface area contributed by atoms with Gasteiger partial charge in [-0.05, 0) is 36.5 Å². The van der Waals surface area contributed by atoms with Crippen molar-refractivity contribution in [2.45, 2.75) is 19.3 Å². The van der Waals surface area contributed by atoms with Crippen molar-refractivity contribution < 1.29 is 5.21 Å². The molecule has 0 aliphatic heterocycles. The normalized spacial score (nSPS) is 17.6. The maximum atomic E-state index is 8.59. The third-order valence-corrected chi connectivity index (χ3v) is 3.97. The molecule has 1 fully saturated rings. The minimum atomic E-state index is 0.114. The first-order valence-electron chi connectivity index (χ1n) is 5.70. The predicted molar refractivity (Wildman–Crippen MR) is 74.6 cm³/mol. The van der Waals surface area contributed by atoms with Gasteiger partial charge in [0.05, 0.1) is 10.0 Å². The maximum absolute atomic E-state index is 8.59. The van der Waals surface area contributed by atoms with Gasteiger partial charge in [-0.1, -0.05) is 28.4 Å². The third-order valence-electron chi connectivity index (χ3n) is 3.23.